The van der Waals surface area contributed by atoms with Crippen molar-refractivity contribution in [2.24, 2.45) is 33.1 Å². The molecular weight excluding hydrogens is 606 g/mol. The Morgan fingerprint density at radius 3 is 1.19 bits per heavy atom. The van der Waals surface area contributed by atoms with Gasteiger partial charge in [-0.25, -0.2) is 0 Å². The predicted octanol–water partition coefficient (Wildman–Crippen LogP) is -6.34. The van der Waals surface area contributed by atoms with Crippen molar-refractivity contribution in [2.75, 3.05) is 28.4 Å². The lowest BCUT2D eigenvalue weighted by atomic mass is 10.2. The summed E-state index contributed by atoms with van der Waals surface area (Å²) < 4.78 is 38.1. The Morgan fingerprint density at radius 2 is 0.976 bits per heavy atom. The highest BCUT2D eigenvalue weighted by atomic mass is 31.2. The highest BCUT2D eigenvalue weighted by Gasteiger charge is 2.05. The Balaban J connectivity index is 0. The fourth-order valence-corrected chi connectivity index (χ4v) is 2.23. The zero-order valence-corrected chi connectivity index (χ0v) is 24.6. The van der Waals surface area contributed by atoms with Crippen LogP contribution in [0.25, 0.3) is 0 Å². The van der Waals surface area contributed by atoms with Gasteiger partial charge in [0.1, 0.15) is 23.0 Å². The second-order valence-corrected chi connectivity index (χ2v) is 8.78. The van der Waals surface area contributed by atoms with Crippen LogP contribution in [0.4, 0.5) is 0 Å². The minimum Gasteiger partial charge on any atom is -0.756 e. The van der Waals surface area contributed by atoms with Crippen molar-refractivity contribution in [1.29, 1.82) is 0 Å². The SMILES string of the molecule is COc1ccc(/C=[NH+]/N=C(N)N)c(OC)c1.COc1ccc(/C=[NH+]/N=C(N)N)c(OC)c1.O=P([O-])(O)O.O=P([O-])(O)O. The molecule has 0 aliphatic rings. The van der Waals surface area contributed by atoms with Crippen LogP contribution in [0.3, 0.4) is 0 Å². The van der Waals surface area contributed by atoms with Crippen molar-refractivity contribution >= 4 is 40.0 Å². The molecule has 2 aromatic rings. The molecule has 42 heavy (non-hydrogen) atoms. The molecule has 0 amide bonds. The number of phosphoric acid groups is 2. The van der Waals surface area contributed by atoms with Crippen LogP contribution in [0.2, 0.25) is 0 Å². The van der Waals surface area contributed by atoms with Crippen LogP contribution >= 0.6 is 15.6 Å². The van der Waals surface area contributed by atoms with E-state index in [4.69, 9.17) is 80.4 Å². The third-order valence-electron chi connectivity index (χ3n) is 3.71. The van der Waals surface area contributed by atoms with Crippen LogP contribution in [-0.2, 0) is 9.13 Å². The topological polar surface area (TPSA) is 355 Å². The second kappa shape index (κ2) is 20.6. The maximum atomic E-state index is 8.77. The summed E-state index contributed by atoms with van der Waals surface area (Å²) in [5.74, 6) is 2.69. The van der Waals surface area contributed by atoms with E-state index in [-0.39, 0.29) is 11.9 Å². The van der Waals surface area contributed by atoms with E-state index in [0.717, 1.165) is 22.6 Å². The summed E-state index contributed by atoms with van der Waals surface area (Å²) in [6.07, 6.45) is 3.25. The highest BCUT2D eigenvalue weighted by Crippen LogP contribution is 2.23. The number of hydrogen-bond acceptors (Lipinski definition) is 10. The first-order valence-electron chi connectivity index (χ1n) is 10.7. The van der Waals surface area contributed by atoms with Crippen LogP contribution in [-0.4, -0.2) is 72.4 Å². The largest absolute Gasteiger partial charge is 0.756 e. The van der Waals surface area contributed by atoms with Gasteiger partial charge in [-0.15, -0.1) is 10.2 Å². The Kier molecular flexibility index (Phi) is 19.6. The van der Waals surface area contributed by atoms with Gasteiger partial charge >= 0.3 is 0 Å². The lowest BCUT2D eigenvalue weighted by Gasteiger charge is -2.04. The fourth-order valence-electron chi connectivity index (χ4n) is 2.23. The predicted molar refractivity (Wildman–Crippen MR) is 147 cm³/mol. The molecule has 20 nitrogen and oxygen atoms in total. The van der Waals surface area contributed by atoms with Gasteiger partial charge in [0.25, 0.3) is 27.6 Å². The lowest BCUT2D eigenvalue weighted by Crippen LogP contribution is -2.63. The maximum absolute atomic E-state index is 8.77. The van der Waals surface area contributed by atoms with Crippen LogP contribution < -0.4 is 61.9 Å². The van der Waals surface area contributed by atoms with E-state index >= 15 is 0 Å². The monoisotopic (exact) mass is 640 g/mol. The summed E-state index contributed by atoms with van der Waals surface area (Å²) in [6.45, 7) is 0. The van der Waals surface area contributed by atoms with E-state index in [2.05, 4.69) is 20.4 Å². The molecular formula is C20H34N8O12P2. The minimum absolute atomic E-state index is 0.0382. The first-order valence-corrected chi connectivity index (χ1v) is 13.7. The molecule has 0 bridgehead atoms. The van der Waals surface area contributed by atoms with Crippen molar-refractivity contribution in [2.45, 2.75) is 0 Å². The van der Waals surface area contributed by atoms with Crippen LogP contribution in [0.15, 0.2) is 46.6 Å². The molecule has 0 saturated carbocycles. The number of hydrazone groups is 2. The standard InChI is InChI=1S/2C10H14N4O2.2H3O4P/c2*1-15-8-4-3-7(9(5-8)16-2)6-13-14-10(11)12;2*1-5(2,3)4/h2*3-6H,1-2H3,(H4,11,12,14);2*(H3,1,2,3,4)/b2*13-6+;;. The van der Waals surface area contributed by atoms with E-state index in [1.165, 1.54) is 0 Å². The number of guanidine groups is 2. The van der Waals surface area contributed by atoms with Crippen LogP contribution in [0.1, 0.15) is 11.1 Å². The molecule has 2 aromatic carbocycles. The summed E-state index contributed by atoms with van der Waals surface area (Å²) in [7, 11) is -3.44. The Hall–Kier alpha value is -4.26. The molecule has 0 spiro atoms. The third-order valence-corrected chi connectivity index (χ3v) is 3.71. The van der Waals surface area contributed by atoms with Gasteiger partial charge in [-0.3, -0.25) is 9.13 Å². The summed E-state index contributed by atoms with van der Waals surface area (Å²) >= 11 is 0. The molecule has 0 saturated heterocycles. The van der Waals surface area contributed by atoms with Crippen molar-refractivity contribution < 1.29 is 67.6 Å². The number of nitrogens with two attached hydrogens (primary N) is 4. The van der Waals surface area contributed by atoms with Gasteiger partial charge in [0.15, 0.2) is 0 Å². The van der Waals surface area contributed by atoms with E-state index in [1.54, 1.807) is 53.0 Å². The van der Waals surface area contributed by atoms with Gasteiger partial charge in [-0.1, -0.05) is 0 Å². The number of methoxy groups -OCH3 is 4. The zero-order valence-electron chi connectivity index (χ0n) is 22.8. The summed E-state index contributed by atoms with van der Waals surface area (Å²) in [5.41, 5.74) is 22.3. The molecule has 0 unspecified atom stereocenters. The van der Waals surface area contributed by atoms with Crippen molar-refractivity contribution in [3.63, 3.8) is 0 Å². The first kappa shape index (κ1) is 39.9. The van der Waals surface area contributed by atoms with Gasteiger partial charge in [-0.05, 0) is 24.3 Å². The number of nitrogens with one attached hydrogen (secondary N) is 2. The van der Waals surface area contributed by atoms with Gasteiger partial charge in [-0.2, -0.15) is 0 Å². The Labute approximate surface area is 240 Å². The minimum atomic E-state index is -4.89. The Bertz CT molecular complexity index is 1190. The molecule has 0 aliphatic carbocycles. The molecule has 0 heterocycles. The number of hydrogen-bond donors (Lipinski definition) is 10. The molecule has 2 rings (SSSR count). The molecule has 236 valence electrons. The lowest BCUT2D eigenvalue weighted by molar-refractivity contribution is -0.456. The quantitative estimate of drug-likeness (QED) is 0.0555. The Morgan fingerprint density at radius 1 is 0.690 bits per heavy atom. The zero-order chi connectivity index (χ0) is 32.9. The normalized spacial score (nSPS) is 10.5. The van der Waals surface area contributed by atoms with E-state index in [9.17, 15) is 0 Å². The van der Waals surface area contributed by atoms with Crippen molar-refractivity contribution in [3.8, 4) is 23.0 Å². The van der Waals surface area contributed by atoms with Crippen molar-refractivity contribution in [3.05, 3.63) is 47.5 Å². The molecule has 22 heteroatoms. The van der Waals surface area contributed by atoms with Crippen molar-refractivity contribution in [1.82, 2.24) is 0 Å². The smallest absolute Gasteiger partial charge is 0.262 e. The number of benzene rings is 2. The summed E-state index contributed by atoms with van der Waals surface area (Å²) in [4.78, 5) is 45.8. The van der Waals surface area contributed by atoms with Gasteiger partial charge in [0.2, 0.25) is 12.4 Å². The van der Waals surface area contributed by atoms with Crippen LogP contribution in [0, 0.1) is 0 Å². The third kappa shape index (κ3) is 24.8. The van der Waals surface area contributed by atoms with Crippen LogP contribution in [0.5, 0.6) is 23.0 Å². The van der Waals surface area contributed by atoms with Gasteiger partial charge < -0.3 is 71.2 Å². The summed E-state index contributed by atoms with van der Waals surface area (Å²) in [6, 6.07) is 10.8. The van der Waals surface area contributed by atoms with E-state index < -0.39 is 15.6 Å². The maximum Gasteiger partial charge on any atom is 0.262 e. The molecule has 0 aliphatic heterocycles. The molecule has 0 radical (unpaired) electrons. The molecule has 14 N–H and O–H groups in total. The average Bonchev–Trinajstić information content (AvgIpc) is 2.87. The molecule has 0 fully saturated rings. The molecule has 0 aromatic heterocycles. The van der Waals surface area contributed by atoms with E-state index in [0.29, 0.717) is 11.5 Å². The first-order chi connectivity index (χ1) is 19.3. The molecule has 0 atom stereocenters. The van der Waals surface area contributed by atoms with Gasteiger partial charge in [0, 0.05) is 22.3 Å². The number of rotatable bonds is 8. The number of ether oxygens (including phenoxy) is 4. The van der Waals surface area contributed by atoms with E-state index in [1.807, 2.05) is 24.3 Å². The average molecular weight is 640 g/mol. The highest BCUT2D eigenvalue weighted by molar-refractivity contribution is 7.43. The second-order valence-electron chi connectivity index (χ2n) is 6.82. The number of nitrogens with zero attached hydrogens (tertiary/aromatic N) is 2. The summed E-state index contributed by atoms with van der Waals surface area (Å²) in [5, 5.41) is 12.4. The fraction of sp³-hybridized carbons (Fsp3) is 0.200. The van der Waals surface area contributed by atoms with Gasteiger partial charge in [0.05, 0.1) is 39.6 Å².